The van der Waals surface area contributed by atoms with E-state index < -0.39 is 11.7 Å². The number of hydrogen-bond acceptors (Lipinski definition) is 2. The van der Waals surface area contributed by atoms with Crippen molar-refractivity contribution in [3.05, 3.63) is 59.2 Å². The summed E-state index contributed by atoms with van der Waals surface area (Å²) in [5.74, 6) is -0.486. The molecule has 2 rings (SSSR count). The van der Waals surface area contributed by atoms with E-state index in [0.29, 0.717) is 11.3 Å². The van der Waals surface area contributed by atoms with Crippen molar-refractivity contribution in [1.29, 1.82) is 0 Å². The minimum Gasteiger partial charge on any atom is -0.355 e. The molecule has 0 unspecified atom stereocenters. The molecule has 0 amide bonds. The lowest BCUT2D eigenvalue weighted by molar-refractivity contribution is -0.137. The summed E-state index contributed by atoms with van der Waals surface area (Å²) < 4.78 is 38.2. The average molecular weight is 328 g/mol. The molecule has 116 valence electrons. The van der Waals surface area contributed by atoms with E-state index in [1.165, 1.54) is 12.1 Å². The molecule has 0 fully saturated rings. The Labute approximate surface area is 130 Å². The second kappa shape index (κ2) is 6.40. The molecule has 0 heterocycles. The van der Waals surface area contributed by atoms with Crippen LogP contribution >= 0.6 is 11.6 Å². The fourth-order valence-corrected chi connectivity index (χ4v) is 2.20. The van der Waals surface area contributed by atoms with Crippen LogP contribution in [0.15, 0.2) is 42.5 Å². The molecule has 0 aliphatic carbocycles. The molecule has 0 aliphatic heterocycles. The standard InChI is InChI=1S/C16H13ClF3NO/c1-10-4-2-7-13(14(22)9-17)15(10)21-12-6-3-5-11(8-12)16(18,19)20/h2-8,21H,9H2,1H3. The van der Waals surface area contributed by atoms with Gasteiger partial charge in [-0.3, -0.25) is 4.79 Å². The quantitative estimate of drug-likeness (QED) is 0.619. The highest BCUT2D eigenvalue weighted by atomic mass is 35.5. The second-order valence-electron chi connectivity index (χ2n) is 4.76. The zero-order chi connectivity index (χ0) is 16.3. The van der Waals surface area contributed by atoms with Gasteiger partial charge in [0.25, 0.3) is 0 Å². The van der Waals surface area contributed by atoms with E-state index in [0.717, 1.165) is 17.7 Å². The Bertz CT molecular complexity index is 698. The van der Waals surface area contributed by atoms with E-state index in [-0.39, 0.29) is 17.4 Å². The monoisotopic (exact) mass is 327 g/mol. The van der Waals surface area contributed by atoms with Crippen LogP contribution in [0.2, 0.25) is 0 Å². The van der Waals surface area contributed by atoms with Gasteiger partial charge in [0.15, 0.2) is 5.78 Å². The maximum Gasteiger partial charge on any atom is 0.416 e. The average Bonchev–Trinajstić information content (AvgIpc) is 2.48. The molecule has 2 aromatic carbocycles. The van der Waals surface area contributed by atoms with Crippen molar-refractivity contribution >= 4 is 28.8 Å². The van der Waals surface area contributed by atoms with E-state index in [1.54, 1.807) is 25.1 Å². The first-order valence-electron chi connectivity index (χ1n) is 6.46. The van der Waals surface area contributed by atoms with Crippen molar-refractivity contribution in [2.45, 2.75) is 13.1 Å². The van der Waals surface area contributed by atoms with Crippen LogP contribution in [0.1, 0.15) is 21.5 Å². The number of ketones is 1. The largest absolute Gasteiger partial charge is 0.416 e. The van der Waals surface area contributed by atoms with Gasteiger partial charge >= 0.3 is 6.18 Å². The molecule has 1 N–H and O–H groups in total. The van der Waals surface area contributed by atoms with E-state index in [9.17, 15) is 18.0 Å². The third kappa shape index (κ3) is 3.60. The maximum absolute atomic E-state index is 12.7. The SMILES string of the molecule is Cc1cccc(C(=O)CCl)c1Nc1cccc(C(F)(F)F)c1. The topological polar surface area (TPSA) is 29.1 Å². The fraction of sp³-hybridized carbons (Fsp3) is 0.188. The van der Waals surface area contributed by atoms with Crippen molar-refractivity contribution in [2.75, 3.05) is 11.2 Å². The van der Waals surface area contributed by atoms with Crippen LogP contribution in [0.5, 0.6) is 0 Å². The van der Waals surface area contributed by atoms with Gasteiger partial charge in [-0.05, 0) is 36.8 Å². The van der Waals surface area contributed by atoms with Crippen LogP contribution in [-0.4, -0.2) is 11.7 Å². The van der Waals surface area contributed by atoms with Gasteiger partial charge in [0.1, 0.15) is 0 Å². The lowest BCUT2D eigenvalue weighted by Crippen LogP contribution is -2.08. The lowest BCUT2D eigenvalue weighted by Gasteiger charge is -2.15. The zero-order valence-corrected chi connectivity index (χ0v) is 12.4. The van der Waals surface area contributed by atoms with Gasteiger partial charge in [0.05, 0.1) is 17.1 Å². The molecule has 6 heteroatoms. The molecule has 0 aromatic heterocycles. The third-order valence-corrected chi connectivity index (χ3v) is 3.40. The summed E-state index contributed by atoms with van der Waals surface area (Å²) in [7, 11) is 0. The summed E-state index contributed by atoms with van der Waals surface area (Å²) in [6.45, 7) is 1.76. The number of carbonyl (C=O) groups is 1. The third-order valence-electron chi connectivity index (χ3n) is 3.15. The lowest BCUT2D eigenvalue weighted by atomic mass is 10.0. The van der Waals surface area contributed by atoms with E-state index in [1.807, 2.05) is 0 Å². The molecule has 0 atom stereocenters. The van der Waals surface area contributed by atoms with Gasteiger partial charge in [-0.2, -0.15) is 13.2 Å². The summed E-state index contributed by atoms with van der Waals surface area (Å²) in [5, 5.41) is 2.89. The summed E-state index contributed by atoms with van der Waals surface area (Å²) in [6, 6.07) is 9.87. The Hall–Kier alpha value is -2.01. The summed E-state index contributed by atoms with van der Waals surface area (Å²) in [4.78, 5) is 11.9. The Morgan fingerprint density at radius 2 is 1.86 bits per heavy atom. The van der Waals surface area contributed by atoms with Crippen LogP contribution in [0.25, 0.3) is 0 Å². The Morgan fingerprint density at radius 1 is 1.18 bits per heavy atom. The number of halogens is 4. The van der Waals surface area contributed by atoms with Gasteiger partial charge in [-0.1, -0.05) is 18.2 Å². The number of carbonyl (C=O) groups excluding carboxylic acids is 1. The fourth-order valence-electron chi connectivity index (χ4n) is 2.06. The smallest absolute Gasteiger partial charge is 0.355 e. The molecule has 22 heavy (non-hydrogen) atoms. The van der Waals surface area contributed by atoms with Crippen LogP contribution in [0.3, 0.4) is 0 Å². The van der Waals surface area contributed by atoms with Gasteiger partial charge in [0.2, 0.25) is 0 Å². The van der Waals surface area contributed by atoms with E-state index >= 15 is 0 Å². The van der Waals surface area contributed by atoms with Crippen LogP contribution in [-0.2, 0) is 6.18 Å². The first-order chi connectivity index (χ1) is 10.3. The van der Waals surface area contributed by atoms with Crippen LogP contribution in [0.4, 0.5) is 24.5 Å². The van der Waals surface area contributed by atoms with E-state index in [4.69, 9.17) is 11.6 Å². The number of nitrogens with one attached hydrogen (secondary N) is 1. The molecule has 0 aliphatic rings. The predicted molar refractivity (Wildman–Crippen MR) is 81.0 cm³/mol. The van der Waals surface area contributed by atoms with Crippen molar-refractivity contribution in [1.82, 2.24) is 0 Å². The minimum atomic E-state index is -4.42. The number of rotatable bonds is 4. The summed E-state index contributed by atoms with van der Waals surface area (Å²) in [6.07, 6.45) is -4.42. The van der Waals surface area contributed by atoms with Gasteiger partial charge < -0.3 is 5.32 Å². The Kier molecular flexibility index (Phi) is 4.76. The van der Waals surface area contributed by atoms with Crippen molar-refractivity contribution in [2.24, 2.45) is 0 Å². The van der Waals surface area contributed by atoms with Crippen LogP contribution < -0.4 is 5.32 Å². The minimum absolute atomic E-state index is 0.194. The molecule has 2 aromatic rings. The van der Waals surface area contributed by atoms with Crippen LogP contribution in [0, 0.1) is 6.92 Å². The highest BCUT2D eigenvalue weighted by Crippen LogP contribution is 2.32. The molecule has 2 nitrogen and oxygen atoms in total. The second-order valence-corrected chi connectivity index (χ2v) is 5.03. The number of hydrogen-bond donors (Lipinski definition) is 1. The Balaban J connectivity index is 2.41. The molecule has 0 saturated heterocycles. The number of Topliss-reactive ketones (excluding diaryl/α,β-unsaturated/α-hetero) is 1. The number of alkyl halides is 4. The van der Waals surface area contributed by atoms with E-state index in [2.05, 4.69) is 5.32 Å². The summed E-state index contributed by atoms with van der Waals surface area (Å²) in [5.41, 5.74) is 1.07. The number of anilines is 2. The van der Waals surface area contributed by atoms with Crippen molar-refractivity contribution in [3.8, 4) is 0 Å². The Morgan fingerprint density at radius 3 is 2.50 bits per heavy atom. The highest BCUT2D eigenvalue weighted by Gasteiger charge is 2.30. The number of aryl methyl sites for hydroxylation is 1. The molecule has 0 bridgehead atoms. The zero-order valence-electron chi connectivity index (χ0n) is 11.7. The summed E-state index contributed by atoms with van der Waals surface area (Å²) >= 11 is 5.57. The first-order valence-corrected chi connectivity index (χ1v) is 6.99. The van der Waals surface area contributed by atoms with Gasteiger partial charge in [-0.25, -0.2) is 0 Å². The maximum atomic E-state index is 12.7. The number of para-hydroxylation sites is 1. The highest BCUT2D eigenvalue weighted by molar-refractivity contribution is 6.31. The van der Waals surface area contributed by atoms with Crippen molar-refractivity contribution < 1.29 is 18.0 Å². The molecular formula is C16H13ClF3NO. The normalized spacial score (nSPS) is 11.3. The van der Waals surface area contributed by atoms with Gasteiger partial charge in [0, 0.05) is 11.3 Å². The molecular weight excluding hydrogens is 315 g/mol. The molecule has 0 saturated carbocycles. The molecule has 0 radical (unpaired) electrons. The van der Waals surface area contributed by atoms with Crippen molar-refractivity contribution in [3.63, 3.8) is 0 Å². The van der Waals surface area contributed by atoms with Gasteiger partial charge in [-0.15, -0.1) is 11.6 Å². The molecule has 0 spiro atoms. The number of benzene rings is 2. The first kappa shape index (κ1) is 16.4. The predicted octanol–water partition coefficient (Wildman–Crippen LogP) is 5.18.